The number of ether oxygens (including phenoxy) is 1. The van der Waals surface area contributed by atoms with E-state index in [1.807, 2.05) is 36.2 Å². The van der Waals surface area contributed by atoms with Crippen molar-refractivity contribution in [1.29, 1.82) is 0 Å². The summed E-state index contributed by atoms with van der Waals surface area (Å²) >= 11 is 6.38. The SMILES string of the molecule is COCC(=O)N1CCCN(C(C)C)CCN(C(=O)c2cc(CC(C)C)nn2C)Cc2ccc(Cl)cc21. The number of hydrogen-bond acceptors (Lipinski definition) is 5. The lowest BCUT2D eigenvalue weighted by Crippen LogP contribution is -2.42. The third kappa shape index (κ3) is 7.08. The highest BCUT2D eigenvalue weighted by molar-refractivity contribution is 6.31. The molecule has 0 aliphatic carbocycles. The van der Waals surface area contributed by atoms with Gasteiger partial charge in [0.1, 0.15) is 12.3 Å². The zero-order chi connectivity index (χ0) is 26.4. The number of nitrogens with zero attached hydrogens (tertiary/aromatic N) is 5. The quantitative estimate of drug-likeness (QED) is 0.579. The Morgan fingerprint density at radius 2 is 1.83 bits per heavy atom. The Hall–Kier alpha value is -2.42. The Labute approximate surface area is 220 Å². The molecule has 1 aromatic carbocycles. The summed E-state index contributed by atoms with van der Waals surface area (Å²) in [6, 6.07) is 7.77. The molecule has 2 aromatic rings. The Balaban J connectivity index is 2.02. The van der Waals surface area contributed by atoms with Gasteiger partial charge in [0.15, 0.2) is 0 Å². The lowest BCUT2D eigenvalue weighted by Gasteiger charge is -2.30. The van der Waals surface area contributed by atoms with Crippen LogP contribution in [-0.2, 0) is 29.5 Å². The average Bonchev–Trinajstić information content (AvgIpc) is 3.15. The molecule has 1 aromatic heterocycles. The van der Waals surface area contributed by atoms with Gasteiger partial charge in [-0.1, -0.05) is 31.5 Å². The summed E-state index contributed by atoms with van der Waals surface area (Å²) in [6.07, 6.45) is 1.62. The van der Waals surface area contributed by atoms with Crippen molar-refractivity contribution in [2.75, 3.05) is 44.8 Å². The molecule has 198 valence electrons. The van der Waals surface area contributed by atoms with E-state index in [9.17, 15) is 9.59 Å². The van der Waals surface area contributed by atoms with Crippen LogP contribution in [0.5, 0.6) is 0 Å². The second kappa shape index (κ2) is 12.7. The Bertz CT molecular complexity index is 1050. The summed E-state index contributed by atoms with van der Waals surface area (Å²) in [5.74, 6) is 0.255. The Morgan fingerprint density at radius 1 is 1.08 bits per heavy atom. The number of halogens is 1. The third-order valence-electron chi connectivity index (χ3n) is 6.54. The van der Waals surface area contributed by atoms with Crippen molar-refractivity contribution < 1.29 is 14.3 Å². The molecule has 0 N–H and O–H groups in total. The maximum atomic E-state index is 13.9. The van der Waals surface area contributed by atoms with Gasteiger partial charge in [-0.25, -0.2) is 0 Å². The number of anilines is 1. The van der Waals surface area contributed by atoms with E-state index in [2.05, 4.69) is 37.7 Å². The molecular formula is C27H40ClN5O3. The van der Waals surface area contributed by atoms with Gasteiger partial charge in [0.2, 0.25) is 0 Å². The number of aryl methyl sites for hydroxylation is 1. The van der Waals surface area contributed by atoms with Gasteiger partial charge in [0.05, 0.1) is 11.4 Å². The van der Waals surface area contributed by atoms with Gasteiger partial charge < -0.3 is 14.5 Å². The van der Waals surface area contributed by atoms with Crippen LogP contribution in [0.1, 0.15) is 55.9 Å². The number of carbonyl (C=O) groups is 2. The normalized spacial score (nSPS) is 15.8. The topological polar surface area (TPSA) is 70.9 Å². The van der Waals surface area contributed by atoms with Crippen LogP contribution in [0, 0.1) is 5.92 Å². The first kappa shape index (κ1) is 28.2. The summed E-state index contributed by atoms with van der Waals surface area (Å²) in [7, 11) is 3.34. The molecule has 0 saturated heterocycles. The van der Waals surface area contributed by atoms with E-state index in [0.717, 1.165) is 42.9 Å². The highest BCUT2D eigenvalue weighted by atomic mass is 35.5. The minimum absolute atomic E-state index is 0.0177. The molecule has 1 aliphatic heterocycles. The molecule has 0 fully saturated rings. The number of amides is 2. The fourth-order valence-electron chi connectivity index (χ4n) is 4.68. The molecule has 9 heteroatoms. The van der Waals surface area contributed by atoms with Crippen molar-refractivity contribution in [3.05, 3.63) is 46.2 Å². The van der Waals surface area contributed by atoms with Crippen molar-refractivity contribution in [2.45, 2.75) is 53.1 Å². The summed E-state index contributed by atoms with van der Waals surface area (Å²) in [5, 5.41) is 5.13. The molecular weight excluding hydrogens is 478 g/mol. The largest absolute Gasteiger partial charge is 0.375 e. The maximum Gasteiger partial charge on any atom is 0.272 e. The van der Waals surface area contributed by atoms with E-state index < -0.39 is 0 Å². The van der Waals surface area contributed by atoms with Gasteiger partial charge in [-0.3, -0.25) is 19.2 Å². The summed E-state index contributed by atoms with van der Waals surface area (Å²) in [4.78, 5) is 32.9. The van der Waals surface area contributed by atoms with Gasteiger partial charge in [0.25, 0.3) is 11.8 Å². The lowest BCUT2D eigenvalue weighted by atomic mass is 10.1. The fraction of sp³-hybridized carbons (Fsp3) is 0.593. The molecule has 0 atom stereocenters. The number of aromatic nitrogens is 2. The Morgan fingerprint density at radius 3 is 2.50 bits per heavy atom. The van der Waals surface area contributed by atoms with Crippen molar-refractivity contribution in [1.82, 2.24) is 19.6 Å². The average molecular weight is 518 g/mol. The Kier molecular flexibility index (Phi) is 9.93. The minimum atomic E-state index is -0.126. The zero-order valence-electron chi connectivity index (χ0n) is 22.5. The van der Waals surface area contributed by atoms with Crippen LogP contribution in [0.3, 0.4) is 0 Å². The van der Waals surface area contributed by atoms with E-state index in [-0.39, 0.29) is 18.4 Å². The molecule has 0 unspecified atom stereocenters. The van der Waals surface area contributed by atoms with E-state index in [1.165, 1.54) is 7.11 Å². The van der Waals surface area contributed by atoms with Crippen molar-refractivity contribution in [3.63, 3.8) is 0 Å². The van der Waals surface area contributed by atoms with Crippen LogP contribution < -0.4 is 4.90 Å². The highest BCUT2D eigenvalue weighted by Crippen LogP contribution is 2.28. The van der Waals surface area contributed by atoms with Crippen LogP contribution in [0.25, 0.3) is 0 Å². The van der Waals surface area contributed by atoms with Gasteiger partial charge in [0, 0.05) is 57.9 Å². The second-order valence-electron chi connectivity index (χ2n) is 10.2. The van der Waals surface area contributed by atoms with Crippen LogP contribution >= 0.6 is 11.6 Å². The first-order valence-electron chi connectivity index (χ1n) is 12.7. The number of methoxy groups -OCH3 is 1. The van der Waals surface area contributed by atoms with Crippen molar-refractivity contribution >= 4 is 29.1 Å². The summed E-state index contributed by atoms with van der Waals surface area (Å²) in [6.45, 7) is 11.6. The first-order valence-corrected chi connectivity index (χ1v) is 13.1. The van der Waals surface area contributed by atoms with Crippen molar-refractivity contribution in [3.8, 4) is 0 Å². The van der Waals surface area contributed by atoms with Crippen molar-refractivity contribution in [2.24, 2.45) is 13.0 Å². The van der Waals surface area contributed by atoms with Gasteiger partial charge >= 0.3 is 0 Å². The molecule has 2 heterocycles. The molecule has 0 bridgehead atoms. The molecule has 0 radical (unpaired) electrons. The summed E-state index contributed by atoms with van der Waals surface area (Å²) < 4.78 is 6.85. The monoisotopic (exact) mass is 517 g/mol. The molecule has 36 heavy (non-hydrogen) atoms. The van der Waals surface area contributed by atoms with Crippen LogP contribution in [0.4, 0.5) is 5.69 Å². The predicted molar refractivity (Wildman–Crippen MR) is 143 cm³/mol. The van der Waals surface area contributed by atoms with E-state index >= 15 is 0 Å². The molecule has 0 spiro atoms. The van der Waals surface area contributed by atoms with E-state index in [1.54, 1.807) is 9.58 Å². The summed E-state index contributed by atoms with van der Waals surface area (Å²) in [5.41, 5.74) is 3.09. The molecule has 2 amide bonds. The zero-order valence-corrected chi connectivity index (χ0v) is 23.2. The number of benzene rings is 1. The van der Waals surface area contributed by atoms with E-state index in [4.69, 9.17) is 16.3 Å². The van der Waals surface area contributed by atoms with Gasteiger partial charge in [-0.15, -0.1) is 0 Å². The van der Waals surface area contributed by atoms with Gasteiger partial charge in [-0.05, 0) is 56.4 Å². The van der Waals surface area contributed by atoms with E-state index in [0.29, 0.717) is 42.3 Å². The number of hydrogen-bond donors (Lipinski definition) is 0. The molecule has 1 aliphatic rings. The molecule has 0 saturated carbocycles. The van der Waals surface area contributed by atoms with Crippen LogP contribution in [0.15, 0.2) is 24.3 Å². The molecule has 3 rings (SSSR count). The van der Waals surface area contributed by atoms with Crippen LogP contribution in [0.2, 0.25) is 5.02 Å². The van der Waals surface area contributed by atoms with Gasteiger partial charge in [-0.2, -0.15) is 5.10 Å². The predicted octanol–water partition coefficient (Wildman–Crippen LogP) is 4.01. The second-order valence-corrected chi connectivity index (χ2v) is 10.6. The highest BCUT2D eigenvalue weighted by Gasteiger charge is 2.26. The lowest BCUT2D eigenvalue weighted by molar-refractivity contribution is -0.122. The molecule has 8 nitrogen and oxygen atoms in total. The smallest absolute Gasteiger partial charge is 0.272 e. The minimum Gasteiger partial charge on any atom is -0.375 e. The number of carbonyl (C=O) groups excluding carboxylic acids is 2. The third-order valence-corrected chi connectivity index (χ3v) is 6.77. The standard InChI is InChI=1S/C27H40ClN5O3/c1-19(2)14-23-16-25(30(5)29-23)27(35)32-13-12-31(20(3)4)10-7-11-33(26(34)18-36-6)24-15-22(28)9-8-21(24)17-32/h8-9,15-16,19-20H,7,10-14,17-18H2,1-6H3. The van der Waals surface area contributed by atoms with Crippen LogP contribution in [-0.4, -0.2) is 77.3 Å². The number of fused-ring (bicyclic) bond motifs is 1. The fourth-order valence-corrected chi connectivity index (χ4v) is 4.84. The maximum absolute atomic E-state index is 13.9. The number of rotatable bonds is 6. The first-order chi connectivity index (χ1) is 17.1.